The second-order valence-corrected chi connectivity index (χ2v) is 8.13. The molecular weight excluding hydrogens is 322 g/mol. The summed E-state index contributed by atoms with van der Waals surface area (Å²) in [5, 5.41) is 5.17. The van der Waals surface area contributed by atoms with Crippen molar-refractivity contribution in [1.29, 1.82) is 0 Å². The van der Waals surface area contributed by atoms with E-state index in [9.17, 15) is 9.59 Å². The van der Waals surface area contributed by atoms with E-state index in [4.69, 9.17) is 0 Å². The Labute approximate surface area is 146 Å². The fraction of sp³-hybridized carbons (Fsp3) is 0.278. The van der Waals surface area contributed by atoms with Gasteiger partial charge in [-0.15, -0.1) is 11.8 Å². The maximum atomic E-state index is 11.9. The summed E-state index contributed by atoms with van der Waals surface area (Å²) in [5.41, 5.74) is 1.48. The molecule has 1 aromatic heterocycles. The molecule has 0 aliphatic heterocycles. The molecule has 0 saturated heterocycles. The van der Waals surface area contributed by atoms with Crippen LogP contribution in [-0.4, -0.2) is 21.5 Å². The summed E-state index contributed by atoms with van der Waals surface area (Å²) in [7, 11) is 0. The molecule has 0 aliphatic carbocycles. The molecule has 0 unspecified atom stereocenters. The van der Waals surface area contributed by atoms with Gasteiger partial charge in [0, 0.05) is 34.3 Å². The third-order valence-electron chi connectivity index (χ3n) is 2.94. The molecule has 1 aromatic carbocycles. The number of benzene rings is 1. The van der Waals surface area contributed by atoms with Gasteiger partial charge < -0.3 is 10.6 Å². The highest BCUT2D eigenvalue weighted by molar-refractivity contribution is 8.00. The Hall–Kier alpha value is -2.34. The van der Waals surface area contributed by atoms with Gasteiger partial charge in [0.05, 0.1) is 0 Å². The Kier molecular flexibility index (Phi) is 5.98. The zero-order chi connectivity index (χ0) is 17.6. The summed E-state index contributed by atoms with van der Waals surface area (Å²) < 4.78 is 0.123. The number of thioether (sulfide) groups is 1. The van der Waals surface area contributed by atoms with Gasteiger partial charge in [0.2, 0.25) is 0 Å². The number of anilines is 1. The van der Waals surface area contributed by atoms with Gasteiger partial charge in [0.15, 0.2) is 0 Å². The molecule has 2 amide bonds. The van der Waals surface area contributed by atoms with Crippen LogP contribution in [0.3, 0.4) is 0 Å². The second-order valence-electron chi connectivity index (χ2n) is 6.23. The number of hydrogen-bond donors (Lipinski definition) is 2. The SMILES string of the molecule is CC(C)(C)Sc1ccc(NC(=O)C(=O)NCc2ccncc2)cc1. The molecule has 0 aliphatic rings. The van der Waals surface area contributed by atoms with Crippen LogP contribution in [0.1, 0.15) is 26.3 Å². The lowest BCUT2D eigenvalue weighted by atomic mass is 10.2. The van der Waals surface area contributed by atoms with Gasteiger partial charge in [-0.2, -0.15) is 0 Å². The van der Waals surface area contributed by atoms with Crippen LogP contribution >= 0.6 is 11.8 Å². The first-order valence-corrected chi connectivity index (χ1v) is 8.42. The first kappa shape index (κ1) is 18.0. The summed E-state index contributed by atoms with van der Waals surface area (Å²) in [6, 6.07) is 11.0. The van der Waals surface area contributed by atoms with Gasteiger partial charge in [-0.3, -0.25) is 14.6 Å². The smallest absolute Gasteiger partial charge is 0.313 e. The van der Waals surface area contributed by atoms with Crippen LogP contribution in [-0.2, 0) is 16.1 Å². The largest absolute Gasteiger partial charge is 0.344 e. The Bertz CT molecular complexity index is 694. The van der Waals surface area contributed by atoms with Crippen LogP contribution < -0.4 is 10.6 Å². The van der Waals surface area contributed by atoms with Crippen molar-refractivity contribution in [1.82, 2.24) is 10.3 Å². The van der Waals surface area contributed by atoms with Crippen molar-refractivity contribution in [2.24, 2.45) is 0 Å². The average Bonchev–Trinajstić information content (AvgIpc) is 2.54. The molecule has 2 aromatic rings. The van der Waals surface area contributed by atoms with Gasteiger partial charge in [0.1, 0.15) is 0 Å². The standard InChI is InChI=1S/C18H21N3O2S/c1-18(2,3)24-15-6-4-14(5-7-15)21-17(23)16(22)20-12-13-8-10-19-11-9-13/h4-11H,12H2,1-3H3,(H,20,22)(H,21,23). The van der Waals surface area contributed by atoms with Crippen molar-refractivity contribution < 1.29 is 9.59 Å². The number of nitrogens with zero attached hydrogens (tertiary/aromatic N) is 1. The highest BCUT2D eigenvalue weighted by Gasteiger charge is 2.14. The minimum Gasteiger partial charge on any atom is -0.344 e. The summed E-state index contributed by atoms with van der Waals surface area (Å²) in [4.78, 5) is 28.8. The van der Waals surface area contributed by atoms with Crippen molar-refractivity contribution in [2.45, 2.75) is 37.0 Å². The summed E-state index contributed by atoms with van der Waals surface area (Å²) in [6.45, 7) is 6.71. The number of carbonyl (C=O) groups excluding carboxylic acids is 2. The molecule has 0 atom stereocenters. The number of pyridine rings is 1. The second kappa shape index (κ2) is 7.97. The van der Waals surface area contributed by atoms with Crippen LogP contribution in [0.2, 0.25) is 0 Å². The number of carbonyl (C=O) groups is 2. The number of rotatable bonds is 4. The van der Waals surface area contributed by atoms with Gasteiger partial charge in [-0.1, -0.05) is 20.8 Å². The molecule has 5 nitrogen and oxygen atoms in total. The van der Waals surface area contributed by atoms with E-state index < -0.39 is 11.8 Å². The average molecular weight is 343 g/mol. The lowest BCUT2D eigenvalue weighted by molar-refractivity contribution is -0.136. The minimum atomic E-state index is -0.680. The number of aromatic nitrogens is 1. The van der Waals surface area contributed by atoms with Gasteiger partial charge in [-0.25, -0.2) is 0 Å². The van der Waals surface area contributed by atoms with Crippen LogP contribution in [0.5, 0.6) is 0 Å². The van der Waals surface area contributed by atoms with Crippen LogP contribution in [0.15, 0.2) is 53.7 Å². The lowest BCUT2D eigenvalue weighted by Gasteiger charge is -2.17. The zero-order valence-electron chi connectivity index (χ0n) is 14.0. The highest BCUT2D eigenvalue weighted by Crippen LogP contribution is 2.32. The molecule has 0 fully saturated rings. The van der Waals surface area contributed by atoms with Crippen LogP contribution in [0.4, 0.5) is 5.69 Å². The zero-order valence-corrected chi connectivity index (χ0v) is 14.8. The molecular formula is C18H21N3O2S. The van der Waals surface area contributed by atoms with Gasteiger partial charge in [0.25, 0.3) is 0 Å². The van der Waals surface area contributed by atoms with Crippen LogP contribution in [0.25, 0.3) is 0 Å². The topological polar surface area (TPSA) is 71.1 Å². The molecule has 0 saturated carbocycles. The molecule has 1 heterocycles. The van der Waals surface area contributed by atoms with E-state index in [0.29, 0.717) is 5.69 Å². The number of nitrogens with one attached hydrogen (secondary N) is 2. The van der Waals surface area contributed by atoms with Crippen molar-refractivity contribution >= 4 is 29.3 Å². The molecule has 0 spiro atoms. The maximum Gasteiger partial charge on any atom is 0.313 e. The number of amides is 2. The Morgan fingerprint density at radius 2 is 1.62 bits per heavy atom. The summed E-state index contributed by atoms with van der Waals surface area (Å²) >= 11 is 1.74. The van der Waals surface area contributed by atoms with E-state index in [1.54, 1.807) is 48.4 Å². The molecule has 24 heavy (non-hydrogen) atoms. The molecule has 2 N–H and O–H groups in total. The quantitative estimate of drug-likeness (QED) is 0.660. The summed E-state index contributed by atoms with van der Waals surface area (Å²) in [5.74, 6) is -1.35. The van der Waals surface area contributed by atoms with Crippen LogP contribution in [0, 0.1) is 0 Å². The minimum absolute atomic E-state index is 0.123. The first-order valence-electron chi connectivity index (χ1n) is 7.61. The van der Waals surface area contributed by atoms with E-state index in [-0.39, 0.29) is 11.3 Å². The first-order chi connectivity index (χ1) is 11.3. The molecule has 0 bridgehead atoms. The molecule has 6 heteroatoms. The molecule has 2 rings (SSSR count). The summed E-state index contributed by atoms with van der Waals surface area (Å²) in [6.07, 6.45) is 3.28. The third-order valence-corrected chi connectivity index (χ3v) is 4.07. The predicted octanol–water partition coefficient (Wildman–Crippen LogP) is 3.23. The van der Waals surface area contributed by atoms with E-state index >= 15 is 0 Å². The fourth-order valence-electron chi connectivity index (χ4n) is 1.91. The van der Waals surface area contributed by atoms with E-state index in [1.807, 2.05) is 12.1 Å². The van der Waals surface area contributed by atoms with E-state index in [2.05, 4.69) is 36.4 Å². The monoisotopic (exact) mass is 343 g/mol. The van der Waals surface area contributed by atoms with Gasteiger partial charge >= 0.3 is 11.8 Å². The van der Waals surface area contributed by atoms with Crippen molar-refractivity contribution in [2.75, 3.05) is 5.32 Å². The predicted molar refractivity (Wildman–Crippen MR) is 96.8 cm³/mol. The Morgan fingerprint density at radius 3 is 2.21 bits per heavy atom. The Balaban J connectivity index is 1.86. The molecule has 126 valence electrons. The highest BCUT2D eigenvalue weighted by atomic mass is 32.2. The lowest BCUT2D eigenvalue weighted by Crippen LogP contribution is -2.34. The normalized spacial score (nSPS) is 11.0. The van der Waals surface area contributed by atoms with E-state index in [0.717, 1.165) is 10.5 Å². The third kappa shape index (κ3) is 6.04. The van der Waals surface area contributed by atoms with E-state index in [1.165, 1.54) is 0 Å². The maximum absolute atomic E-state index is 11.9. The van der Waals surface area contributed by atoms with Crippen molar-refractivity contribution in [3.8, 4) is 0 Å². The van der Waals surface area contributed by atoms with Crippen molar-refractivity contribution in [3.63, 3.8) is 0 Å². The number of hydrogen-bond acceptors (Lipinski definition) is 4. The fourth-order valence-corrected chi connectivity index (χ4v) is 2.89. The molecule has 0 radical (unpaired) electrons. The van der Waals surface area contributed by atoms with Gasteiger partial charge in [-0.05, 0) is 42.0 Å². The Morgan fingerprint density at radius 1 is 1.00 bits per heavy atom. The van der Waals surface area contributed by atoms with Crippen molar-refractivity contribution in [3.05, 3.63) is 54.4 Å².